The van der Waals surface area contributed by atoms with Gasteiger partial charge in [-0.2, -0.15) is 0 Å². The van der Waals surface area contributed by atoms with Gasteiger partial charge in [0.2, 0.25) is 15.9 Å². The highest BCUT2D eigenvalue weighted by Gasteiger charge is 2.25. The van der Waals surface area contributed by atoms with Gasteiger partial charge in [-0.25, -0.2) is 13.1 Å². The average molecular weight is 406 g/mol. The summed E-state index contributed by atoms with van der Waals surface area (Å²) in [6, 6.07) is 7.17. The van der Waals surface area contributed by atoms with Gasteiger partial charge in [0, 0.05) is 50.2 Å². The number of hydrogen-bond donors (Lipinski definition) is 1. The van der Waals surface area contributed by atoms with Gasteiger partial charge in [-0.1, -0.05) is 0 Å². The van der Waals surface area contributed by atoms with Gasteiger partial charge in [-0.15, -0.1) is 11.3 Å². The number of amides is 1. The topological polar surface area (TPSA) is 69.7 Å². The van der Waals surface area contributed by atoms with E-state index in [1.54, 1.807) is 34.4 Å². The molecule has 27 heavy (non-hydrogen) atoms. The van der Waals surface area contributed by atoms with Crippen LogP contribution in [0.1, 0.15) is 22.9 Å². The van der Waals surface area contributed by atoms with Gasteiger partial charge in [0.05, 0.1) is 4.90 Å². The second kappa shape index (κ2) is 7.35. The number of carbonyl (C=O) groups excluding carboxylic acids is 1. The minimum Gasteiger partial charge on any atom is -0.312 e. The molecule has 2 aromatic rings. The van der Waals surface area contributed by atoms with Crippen molar-refractivity contribution in [3.05, 3.63) is 45.6 Å². The summed E-state index contributed by atoms with van der Waals surface area (Å²) in [5.41, 5.74) is 3.10. The molecule has 0 spiro atoms. The van der Waals surface area contributed by atoms with Crippen LogP contribution < -0.4 is 9.62 Å². The van der Waals surface area contributed by atoms with E-state index in [1.165, 1.54) is 17.4 Å². The fraction of sp³-hybridized carbons (Fsp3) is 0.421. The van der Waals surface area contributed by atoms with Crippen LogP contribution in [0, 0.1) is 0 Å². The molecule has 144 valence electrons. The molecule has 3 heterocycles. The van der Waals surface area contributed by atoms with Gasteiger partial charge in [0.15, 0.2) is 0 Å². The van der Waals surface area contributed by atoms with E-state index in [0.717, 1.165) is 30.8 Å². The highest BCUT2D eigenvalue weighted by atomic mass is 32.2. The van der Waals surface area contributed by atoms with Crippen molar-refractivity contribution < 1.29 is 13.2 Å². The molecule has 1 aromatic heterocycles. The van der Waals surface area contributed by atoms with Gasteiger partial charge in [0.25, 0.3) is 0 Å². The van der Waals surface area contributed by atoms with Crippen molar-refractivity contribution in [3.8, 4) is 0 Å². The Bertz CT molecular complexity index is 968. The molecule has 4 rings (SSSR count). The van der Waals surface area contributed by atoms with Crippen molar-refractivity contribution in [3.63, 3.8) is 0 Å². The third-order valence-corrected chi connectivity index (χ3v) is 7.73. The van der Waals surface area contributed by atoms with Crippen molar-refractivity contribution in [1.82, 2.24) is 9.62 Å². The van der Waals surface area contributed by atoms with Crippen molar-refractivity contribution in [2.24, 2.45) is 0 Å². The molecule has 0 bridgehead atoms. The molecule has 0 saturated carbocycles. The third kappa shape index (κ3) is 3.80. The Labute approximate surface area is 163 Å². The summed E-state index contributed by atoms with van der Waals surface area (Å²) in [5, 5.41) is 2.12. The van der Waals surface area contributed by atoms with Gasteiger partial charge in [-0.3, -0.25) is 9.69 Å². The summed E-state index contributed by atoms with van der Waals surface area (Å²) in [6.45, 7) is 5.08. The zero-order valence-electron chi connectivity index (χ0n) is 15.3. The lowest BCUT2D eigenvalue weighted by Crippen LogP contribution is -2.37. The Morgan fingerprint density at radius 2 is 2.04 bits per heavy atom. The monoisotopic (exact) mass is 405 g/mol. The molecule has 0 saturated heterocycles. The molecule has 2 aliphatic heterocycles. The zero-order chi connectivity index (χ0) is 19.0. The van der Waals surface area contributed by atoms with Crippen LogP contribution in [-0.4, -0.2) is 45.4 Å². The van der Waals surface area contributed by atoms with Crippen LogP contribution in [0.4, 0.5) is 5.69 Å². The molecule has 8 heteroatoms. The van der Waals surface area contributed by atoms with E-state index in [2.05, 4.69) is 21.1 Å². The molecular formula is C19H23N3O3S2. The van der Waals surface area contributed by atoms with Crippen LogP contribution in [-0.2, 0) is 34.2 Å². The molecule has 0 fully saturated rings. The Morgan fingerprint density at radius 1 is 1.19 bits per heavy atom. The Kier molecular flexibility index (Phi) is 5.07. The Balaban J connectivity index is 1.37. The number of thiophene rings is 1. The Morgan fingerprint density at radius 3 is 2.85 bits per heavy atom. The standard InChI is InChI=1S/C19H23N3O3S2/c1-14(23)22-9-4-15-12-17(2-3-18(15)22)27(24,25)20-7-10-21-8-5-19-16(13-21)6-11-26-19/h2-3,6,11-12,20H,4-5,7-10,13H2,1H3. The first kappa shape index (κ1) is 18.6. The van der Waals surface area contributed by atoms with E-state index in [-0.39, 0.29) is 10.8 Å². The smallest absolute Gasteiger partial charge is 0.240 e. The molecule has 6 nitrogen and oxygen atoms in total. The molecular weight excluding hydrogens is 382 g/mol. The molecule has 0 unspecified atom stereocenters. The van der Waals surface area contributed by atoms with Gasteiger partial charge in [0.1, 0.15) is 0 Å². The minimum atomic E-state index is -3.55. The SMILES string of the molecule is CC(=O)N1CCc2cc(S(=O)(=O)NCCN3CCc4sccc4C3)ccc21. The van der Waals surface area contributed by atoms with Gasteiger partial charge < -0.3 is 4.90 Å². The summed E-state index contributed by atoms with van der Waals surface area (Å²) in [6.07, 6.45) is 1.73. The number of nitrogens with zero attached hydrogens (tertiary/aromatic N) is 2. The second-order valence-corrected chi connectivity index (χ2v) is 9.77. The molecule has 0 atom stereocenters. The van der Waals surface area contributed by atoms with Crippen LogP contribution in [0.5, 0.6) is 0 Å². The maximum absolute atomic E-state index is 12.6. The van der Waals surface area contributed by atoms with Crippen LogP contribution >= 0.6 is 11.3 Å². The molecule has 0 aliphatic carbocycles. The zero-order valence-corrected chi connectivity index (χ0v) is 16.9. The summed E-state index contributed by atoms with van der Waals surface area (Å²) in [4.78, 5) is 17.3. The summed E-state index contributed by atoms with van der Waals surface area (Å²) in [5.74, 6) is -0.0159. The van der Waals surface area contributed by atoms with E-state index >= 15 is 0 Å². The number of fused-ring (bicyclic) bond motifs is 2. The maximum Gasteiger partial charge on any atom is 0.240 e. The molecule has 0 radical (unpaired) electrons. The Hall–Kier alpha value is -1.74. The van der Waals surface area contributed by atoms with Crippen LogP contribution in [0.2, 0.25) is 0 Å². The normalized spacial score (nSPS) is 17.0. The fourth-order valence-corrected chi connectivity index (χ4v) is 5.75. The number of carbonyl (C=O) groups is 1. The van der Waals surface area contributed by atoms with Crippen molar-refractivity contribution >= 4 is 33.0 Å². The predicted molar refractivity (Wildman–Crippen MR) is 107 cm³/mol. The van der Waals surface area contributed by atoms with E-state index < -0.39 is 10.0 Å². The van der Waals surface area contributed by atoms with Gasteiger partial charge in [-0.05, 0) is 53.6 Å². The first-order valence-electron chi connectivity index (χ1n) is 9.12. The highest BCUT2D eigenvalue weighted by molar-refractivity contribution is 7.89. The molecule has 1 N–H and O–H groups in total. The maximum atomic E-state index is 12.6. The summed E-state index contributed by atoms with van der Waals surface area (Å²) < 4.78 is 28.0. The minimum absolute atomic E-state index is 0.0159. The first-order valence-corrected chi connectivity index (χ1v) is 11.5. The lowest BCUT2D eigenvalue weighted by atomic mass is 10.1. The number of hydrogen-bond acceptors (Lipinski definition) is 5. The number of sulfonamides is 1. The summed E-state index contributed by atoms with van der Waals surface area (Å²) >= 11 is 1.80. The third-order valence-electron chi connectivity index (χ3n) is 5.24. The van der Waals surface area contributed by atoms with Crippen LogP contribution in [0.3, 0.4) is 0 Å². The second-order valence-electron chi connectivity index (χ2n) is 7.00. The molecule has 1 aromatic carbocycles. The number of rotatable bonds is 5. The van der Waals surface area contributed by atoms with E-state index in [4.69, 9.17) is 0 Å². The first-order chi connectivity index (χ1) is 12.9. The molecule has 2 aliphatic rings. The fourth-order valence-electron chi connectivity index (χ4n) is 3.79. The van der Waals surface area contributed by atoms with Crippen LogP contribution in [0.15, 0.2) is 34.5 Å². The predicted octanol–water partition coefficient (Wildman–Crippen LogP) is 1.99. The quantitative estimate of drug-likeness (QED) is 0.826. The van der Waals surface area contributed by atoms with Crippen molar-refractivity contribution in [2.45, 2.75) is 31.2 Å². The van der Waals surface area contributed by atoms with Crippen LogP contribution in [0.25, 0.3) is 0 Å². The van der Waals surface area contributed by atoms with E-state index in [9.17, 15) is 13.2 Å². The average Bonchev–Trinajstić information content (AvgIpc) is 3.27. The number of benzene rings is 1. The lowest BCUT2D eigenvalue weighted by Gasteiger charge is -2.26. The van der Waals surface area contributed by atoms with Crippen molar-refractivity contribution in [2.75, 3.05) is 31.1 Å². The van der Waals surface area contributed by atoms with Gasteiger partial charge >= 0.3 is 0 Å². The molecule has 1 amide bonds. The highest BCUT2D eigenvalue weighted by Crippen LogP contribution is 2.30. The number of nitrogens with one attached hydrogen (secondary N) is 1. The largest absolute Gasteiger partial charge is 0.312 e. The summed E-state index contributed by atoms with van der Waals surface area (Å²) in [7, 11) is -3.55. The number of anilines is 1. The van der Waals surface area contributed by atoms with Crippen molar-refractivity contribution in [1.29, 1.82) is 0 Å². The lowest BCUT2D eigenvalue weighted by molar-refractivity contribution is -0.116. The van der Waals surface area contributed by atoms with E-state index in [1.807, 2.05) is 0 Å². The van der Waals surface area contributed by atoms with E-state index in [0.29, 0.717) is 26.1 Å².